The third-order valence-electron chi connectivity index (χ3n) is 3.19. The minimum Gasteiger partial charge on any atom is -0.460 e. The van der Waals surface area contributed by atoms with Crippen LogP contribution >= 0.6 is 0 Å². The molecule has 0 saturated heterocycles. The molecule has 0 aliphatic heterocycles. The van der Waals surface area contributed by atoms with Gasteiger partial charge in [0.15, 0.2) is 0 Å². The van der Waals surface area contributed by atoms with Crippen molar-refractivity contribution in [1.29, 1.82) is 0 Å². The summed E-state index contributed by atoms with van der Waals surface area (Å²) in [4.78, 5) is 28.0. The number of carbonyl (C=O) groups excluding carboxylic acids is 2. The Hall–Kier alpha value is -2.17. The number of hydrogen-bond donors (Lipinski definition) is 0. The van der Waals surface area contributed by atoms with E-state index in [2.05, 4.69) is 4.98 Å². The zero-order valence-corrected chi connectivity index (χ0v) is 10.6. The maximum absolute atomic E-state index is 12.1. The molecule has 1 aliphatic rings. The highest BCUT2D eigenvalue weighted by Crippen LogP contribution is 2.40. The van der Waals surface area contributed by atoms with Crippen LogP contribution < -0.4 is 0 Å². The molecular weight excluding hydrogens is 244 g/mol. The quantitative estimate of drug-likeness (QED) is 0.478. The molecule has 0 unspecified atom stereocenters. The number of Topliss-reactive ketones (excluding diaryl/α,β-unsaturated/α-hetero) is 1. The second-order valence-electron chi connectivity index (χ2n) is 4.60. The summed E-state index contributed by atoms with van der Waals surface area (Å²) in [5.41, 5.74) is 0.864. The van der Waals surface area contributed by atoms with E-state index in [9.17, 15) is 9.59 Å². The molecule has 0 amide bonds. The Bertz CT molecular complexity index is 656. The molecule has 0 radical (unpaired) electrons. The highest BCUT2D eigenvalue weighted by molar-refractivity contribution is 6.41. The van der Waals surface area contributed by atoms with Crippen LogP contribution in [0.1, 0.15) is 42.0 Å². The topological polar surface area (TPSA) is 60.7 Å². The lowest BCUT2D eigenvalue weighted by Crippen LogP contribution is -2.18. The fraction of sp³-hybridized carbons (Fsp3) is 0.357. The van der Waals surface area contributed by atoms with Crippen molar-refractivity contribution in [1.82, 2.24) is 9.38 Å². The van der Waals surface area contributed by atoms with Gasteiger partial charge in [0.25, 0.3) is 5.78 Å². The number of carbonyl (C=O) groups is 2. The Labute approximate surface area is 110 Å². The molecule has 1 fully saturated rings. The average molecular weight is 258 g/mol. The van der Waals surface area contributed by atoms with Crippen LogP contribution in [0.4, 0.5) is 0 Å². The van der Waals surface area contributed by atoms with Gasteiger partial charge in [-0.2, -0.15) is 0 Å². The van der Waals surface area contributed by atoms with Gasteiger partial charge in [-0.1, -0.05) is 6.07 Å². The summed E-state index contributed by atoms with van der Waals surface area (Å²) >= 11 is 0. The molecule has 1 aliphatic carbocycles. The van der Waals surface area contributed by atoms with Crippen molar-refractivity contribution in [2.45, 2.75) is 25.7 Å². The lowest BCUT2D eigenvalue weighted by molar-refractivity contribution is -0.137. The lowest BCUT2D eigenvalue weighted by atomic mass is 10.2. The van der Waals surface area contributed by atoms with Crippen LogP contribution in [0.5, 0.6) is 0 Å². The summed E-state index contributed by atoms with van der Waals surface area (Å²) in [7, 11) is 0. The number of pyridine rings is 1. The molecule has 0 N–H and O–H groups in total. The molecule has 2 aromatic heterocycles. The normalized spacial score (nSPS) is 14.6. The van der Waals surface area contributed by atoms with Gasteiger partial charge in [0.1, 0.15) is 11.5 Å². The van der Waals surface area contributed by atoms with E-state index < -0.39 is 11.8 Å². The Morgan fingerprint density at radius 1 is 1.42 bits per heavy atom. The van der Waals surface area contributed by atoms with Crippen LogP contribution in [0.25, 0.3) is 5.52 Å². The molecule has 5 heteroatoms. The maximum atomic E-state index is 12.1. The van der Waals surface area contributed by atoms with Crippen LogP contribution in [0.3, 0.4) is 0 Å². The Morgan fingerprint density at radius 3 is 2.89 bits per heavy atom. The molecule has 5 nitrogen and oxygen atoms in total. The number of ketones is 1. The van der Waals surface area contributed by atoms with Crippen molar-refractivity contribution in [3.8, 4) is 0 Å². The van der Waals surface area contributed by atoms with Crippen molar-refractivity contribution in [2.75, 3.05) is 6.61 Å². The summed E-state index contributed by atoms with van der Waals surface area (Å²) < 4.78 is 6.65. The molecule has 0 atom stereocenters. The first-order chi connectivity index (χ1) is 9.22. The average Bonchev–Trinajstić information content (AvgIpc) is 3.19. The predicted molar refractivity (Wildman–Crippen MR) is 68.1 cm³/mol. The van der Waals surface area contributed by atoms with Crippen LogP contribution in [-0.2, 0) is 9.53 Å². The Balaban J connectivity index is 2.08. The van der Waals surface area contributed by atoms with E-state index in [1.807, 2.05) is 22.7 Å². The van der Waals surface area contributed by atoms with E-state index in [1.54, 1.807) is 13.0 Å². The number of hydrogen-bond acceptors (Lipinski definition) is 4. The van der Waals surface area contributed by atoms with Crippen molar-refractivity contribution < 1.29 is 14.3 Å². The van der Waals surface area contributed by atoms with Crippen LogP contribution in [-0.4, -0.2) is 27.7 Å². The number of esters is 1. The number of imidazole rings is 1. The van der Waals surface area contributed by atoms with E-state index in [-0.39, 0.29) is 12.3 Å². The molecule has 0 bridgehead atoms. The standard InChI is InChI=1S/C14H14N2O3/c1-2-19-14(18)12(17)11-10-5-3-4-8-16(10)13(15-11)9-6-7-9/h3-5,8-9H,2,6-7H2,1H3. The molecule has 2 aromatic rings. The van der Waals surface area contributed by atoms with Gasteiger partial charge in [-0.15, -0.1) is 0 Å². The van der Waals surface area contributed by atoms with Gasteiger partial charge in [-0.3, -0.25) is 4.79 Å². The molecule has 0 aromatic carbocycles. The summed E-state index contributed by atoms with van der Waals surface area (Å²) in [6.07, 6.45) is 4.04. The second-order valence-corrected chi connectivity index (χ2v) is 4.60. The first kappa shape index (κ1) is 11.9. The number of rotatable bonds is 4. The third kappa shape index (κ3) is 2.01. The molecule has 3 rings (SSSR count). The molecule has 1 saturated carbocycles. The summed E-state index contributed by atoms with van der Waals surface area (Å²) in [5.74, 6) is -0.243. The van der Waals surface area contributed by atoms with Crippen molar-refractivity contribution in [3.05, 3.63) is 35.9 Å². The van der Waals surface area contributed by atoms with Gasteiger partial charge < -0.3 is 9.14 Å². The van der Waals surface area contributed by atoms with Crippen LogP contribution in [0.15, 0.2) is 24.4 Å². The minimum absolute atomic E-state index is 0.186. The minimum atomic E-state index is -0.839. The molecule has 19 heavy (non-hydrogen) atoms. The number of nitrogens with zero attached hydrogens (tertiary/aromatic N) is 2. The van der Waals surface area contributed by atoms with E-state index in [0.717, 1.165) is 18.7 Å². The molecular formula is C14H14N2O3. The van der Waals surface area contributed by atoms with Crippen LogP contribution in [0, 0.1) is 0 Å². The van der Waals surface area contributed by atoms with E-state index >= 15 is 0 Å². The van der Waals surface area contributed by atoms with Crippen LogP contribution in [0.2, 0.25) is 0 Å². The lowest BCUT2D eigenvalue weighted by Gasteiger charge is -1.99. The van der Waals surface area contributed by atoms with Crippen molar-refractivity contribution in [3.63, 3.8) is 0 Å². The van der Waals surface area contributed by atoms with Gasteiger partial charge in [0.05, 0.1) is 12.1 Å². The Morgan fingerprint density at radius 2 is 2.21 bits per heavy atom. The molecule has 98 valence electrons. The SMILES string of the molecule is CCOC(=O)C(=O)c1nc(C2CC2)n2ccccc12. The highest BCUT2D eigenvalue weighted by atomic mass is 16.5. The summed E-state index contributed by atoms with van der Waals surface area (Å²) in [5, 5.41) is 0. The second kappa shape index (κ2) is 4.50. The summed E-state index contributed by atoms with van der Waals surface area (Å²) in [6, 6.07) is 5.51. The zero-order valence-electron chi connectivity index (χ0n) is 10.6. The fourth-order valence-electron chi connectivity index (χ4n) is 2.15. The predicted octanol–water partition coefficient (Wildman–Crippen LogP) is 1.96. The van der Waals surface area contributed by atoms with Crippen molar-refractivity contribution in [2.24, 2.45) is 0 Å². The van der Waals surface area contributed by atoms with Gasteiger partial charge in [-0.05, 0) is 31.9 Å². The van der Waals surface area contributed by atoms with Crippen molar-refractivity contribution >= 4 is 17.3 Å². The van der Waals surface area contributed by atoms with Gasteiger partial charge in [-0.25, -0.2) is 9.78 Å². The Kier molecular flexibility index (Phi) is 2.81. The number of fused-ring (bicyclic) bond motifs is 1. The monoisotopic (exact) mass is 258 g/mol. The first-order valence-electron chi connectivity index (χ1n) is 6.40. The zero-order chi connectivity index (χ0) is 13.4. The van der Waals surface area contributed by atoms with E-state index in [4.69, 9.17) is 4.74 Å². The van der Waals surface area contributed by atoms with E-state index in [0.29, 0.717) is 11.4 Å². The van der Waals surface area contributed by atoms with E-state index in [1.165, 1.54) is 0 Å². The van der Waals surface area contributed by atoms with Gasteiger partial charge >= 0.3 is 5.97 Å². The third-order valence-corrected chi connectivity index (χ3v) is 3.19. The van der Waals surface area contributed by atoms with Gasteiger partial charge in [0, 0.05) is 12.1 Å². The summed E-state index contributed by atoms with van der Waals surface area (Å²) in [6.45, 7) is 1.86. The largest absolute Gasteiger partial charge is 0.460 e. The van der Waals surface area contributed by atoms with Gasteiger partial charge in [0.2, 0.25) is 0 Å². The fourth-order valence-corrected chi connectivity index (χ4v) is 2.15. The molecule has 2 heterocycles. The smallest absolute Gasteiger partial charge is 0.381 e. The number of aromatic nitrogens is 2. The maximum Gasteiger partial charge on any atom is 0.381 e. The molecule has 0 spiro atoms. The highest BCUT2D eigenvalue weighted by Gasteiger charge is 2.32. The first-order valence-corrected chi connectivity index (χ1v) is 6.40. The number of ether oxygens (including phenoxy) is 1.